The molecule has 9 nitrogen and oxygen atoms in total. The largest absolute Gasteiger partial charge is 0.497 e. The highest BCUT2D eigenvalue weighted by molar-refractivity contribution is 5.95. The van der Waals surface area contributed by atoms with Crippen molar-refractivity contribution in [3.8, 4) is 5.75 Å². The zero-order chi connectivity index (χ0) is 23.0. The van der Waals surface area contributed by atoms with E-state index in [1.807, 2.05) is 11.8 Å². The first-order chi connectivity index (χ1) is 14.8. The van der Waals surface area contributed by atoms with Crippen molar-refractivity contribution in [1.29, 1.82) is 0 Å². The number of likely N-dealkylation sites (N-methyl/N-ethyl adjacent to an activating group) is 1. The predicted octanol–water partition coefficient (Wildman–Crippen LogP) is 1.67. The molecule has 1 aliphatic rings. The molecule has 9 heteroatoms. The first kappa shape index (κ1) is 24.2. The molecular formula is C22H32N4O5. The Labute approximate surface area is 183 Å². The van der Waals surface area contributed by atoms with E-state index in [2.05, 4.69) is 10.6 Å². The number of hydrogen-bond donors (Lipinski definition) is 2. The number of urea groups is 1. The highest BCUT2D eigenvalue weighted by Gasteiger charge is 2.34. The zero-order valence-electron chi connectivity index (χ0n) is 18.9. The maximum absolute atomic E-state index is 12.9. The summed E-state index contributed by atoms with van der Waals surface area (Å²) >= 11 is 0. The van der Waals surface area contributed by atoms with Crippen molar-refractivity contribution in [2.45, 2.75) is 26.3 Å². The number of rotatable bonds is 10. The number of hydrogen-bond acceptors (Lipinski definition) is 6. The van der Waals surface area contributed by atoms with Gasteiger partial charge in [-0.05, 0) is 37.6 Å². The molecule has 0 unspecified atom stereocenters. The average Bonchev–Trinajstić information content (AvgIpc) is 2.73. The third-order valence-electron chi connectivity index (χ3n) is 4.88. The Hall–Kier alpha value is -3.07. The van der Waals surface area contributed by atoms with Crippen LogP contribution in [0.5, 0.6) is 5.75 Å². The predicted molar refractivity (Wildman–Crippen MR) is 116 cm³/mol. The molecule has 1 aromatic rings. The van der Waals surface area contributed by atoms with Gasteiger partial charge in [-0.1, -0.05) is 19.1 Å². The lowest BCUT2D eigenvalue weighted by Gasteiger charge is -2.32. The van der Waals surface area contributed by atoms with Crippen LogP contribution >= 0.6 is 0 Å². The second-order valence-electron chi connectivity index (χ2n) is 7.42. The van der Waals surface area contributed by atoms with Crippen molar-refractivity contribution in [2.75, 3.05) is 47.4 Å². The fourth-order valence-electron chi connectivity index (χ4n) is 3.33. The van der Waals surface area contributed by atoms with Crippen LogP contribution in [0, 0.1) is 0 Å². The topological polar surface area (TPSA) is 100 Å². The Morgan fingerprint density at radius 3 is 2.35 bits per heavy atom. The third kappa shape index (κ3) is 6.45. The van der Waals surface area contributed by atoms with E-state index >= 15 is 0 Å². The van der Waals surface area contributed by atoms with Gasteiger partial charge in [0.1, 0.15) is 5.75 Å². The van der Waals surface area contributed by atoms with E-state index in [0.29, 0.717) is 23.6 Å². The molecule has 2 N–H and O–H groups in total. The minimum atomic E-state index is -0.679. The minimum absolute atomic E-state index is 0.0568. The number of benzene rings is 1. The van der Waals surface area contributed by atoms with Crippen LogP contribution in [-0.4, -0.2) is 75.2 Å². The molecule has 1 aliphatic heterocycles. The first-order valence-corrected chi connectivity index (χ1v) is 10.3. The van der Waals surface area contributed by atoms with Gasteiger partial charge in [-0.15, -0.1) is 0 Å². The lowest BCUT2D eigenvalue weighted by Crippen LogP contribution is -2.49. The Morgan fingerprint density at radius 1 is 1.13 bits per heavy atom. The van der Waals surface area contributed by atoms with E-state index in [-0.39, 0.29) is 25.6 Å². The number of methoxy groups -OCH3 is 1. The highest BCUT2D eigenvalue weighted by Crippen LogP contribution is 2.29. The summed E-state index contributed by atoms with van der Waals surface area (Å²) in [7, 11) is 4.96. The van der Waals surface area contributed by atoms with Crippen molar-refractivity contribution in [3.05, 3.63) is 41.1 Å². The number of carbonyl (C=O) groups is 3. The van der Waals surface area contributed by atoms with Crippen molar-refractivity contribution >= 4 is 17.9 Å². The molecule has 0 spiro atoms. The van der Waals surface area contributed by atoms with Crippen LogP contribution in [0.2, 0.25) is 0 Å². The molecule has 1 atom stereocenters. The number of amides is 3. The van der Waals surface area contributed by atoms with Crippen LogP contribution in [0.3, 0.4) is 0 Å². The second-order valence-corrected chi connectivity index (χ2v) is 7.42. The molecule has 31 heavy (non-hydrogen) atoms. The summed E-state index contributed by atoms with van der Waals surface area (Å²) in [5.41, 5.74) is 1.48. The van der Waals surface area contributed by atoms with Gasteiger partial charge in [-0.2, -0.15) is 0 Å². The molecule has 0 radical (unpaired) electrons. The fraction of sp³-hybridized carbons (Fsp3) is 0.500. The fourth-order valence-corrected chi connectivity index (χ4v) is 3.33. The average molecular weight is 433 g/mol. The lowest BCUT2D eigenvalue weighted by atomic mass is 9.95. The Kier molecular flexibility index (Phi) is 8.87. The van der Waals surface area contributed by atoms with Gasteiger partial charge >= 0.3 is 12.0 Å². The van der Waals surface area contributed by atoms with Gasteiger partial charge in [0.15, 0.2) is 0 Å². The first-order valence-electron chi connectivity index (χ1n) is 10.3. The zero-order valence-corrected chi connectivity index (χ0v) is 18.9. The smallest absolute Gasteiger partial charge is 0.338 e. The lowest BCUT2D eigenvalue weighted by molar-refractivity contribution is -0.139. The molecule has 1 aromatic carbocycles. The van der Waals surface area contributed by atoms with Gasteiger partial charge in [-0.3, -0.25) is 9.69 Å². The SMILES string of the molecule is CCCN(CC(=O)N(C)C)CC1=C(C(=O)OCC)[C@@H](c2ccc(OC)cc2)NC(=O)N1. The van der Waals surface area contributed by atoms with E-state index in [0.717, 1.165) is 12.0 Å². The summed E-state index contributed by atoms with van der Waals surface area (Å²) in [6.45, 7) is 4.99. The molecule has 1 heterocycles. The van der Waals surface area contributed by atoms with Crippen LogP contribution in [0.25, 0.3) is 0 Å². The number of carbonyl (C=O) groups excluding carboxylic acids is 3. The summed E-state index contributed by atoms with van der Waals surface area (Å²) in [6, 6.07) is 6.04. The van der Waals surface area contributed by atoms with Gasteiger partial charge in [0, 0.05) is 26.3 Å². The maximum Gasteiger partial charge on any atom is 0.338 e. The maximum atomic E-state index is 12.9. The molecule has 0 bridgehead atoms. The van der Waals surface area contributed by atoms with Crippen molar-refractivity contribution < 1.29 is 23.9 Å². The highest BCUT2D eigenvalue weighted by atomic mass is 16.5. The summed E-state index contributed by atoms with van der Waals surface area (Å²) in [5.74, 6) is 0.0992. The van der Waals surface area contributed by atoms with E-state index in [1.54, 1.807) is 52.4 Å². The van der Waals surface area contributed by atoms with Crippen LogP contribution in [0.1, 0.15) is 31.9 Å². The molecule has 3 amide bonds. The molecule has 2 rings (SSSR count). The van der Waals surface area contributed by atoms with Gasteiger partial charge in [0.2, 0.25) is 5.91 Å². The van der Waals surface area contributed by atoms with Crippen molar-refractivity contribution in [1.82, 2.24) is 20.4 Å². The van der Waals surface area contributed by atoms with E-state index < -0.39 is 18.0 Å². The van der Waals surface area contributed by atoms with Crippen LogP contribution in [-0.2, 0) is 14.3 Å². The number of ether oxygens (including phenoxy) is 2. The normalized spacial score (nSPS) is 15.9. The third-order valence-corrected chi connectivity index (χ3v) is 4.88. The van der Waals surface area contributed by atoms with Gasteiger partial charge in [0.25, 0.3) is 0 Å². The second kappa shape index (κ2) is 11.4. The Bertz CT molecular complexity index is 820. The van der Waals surface area contributed by atoms with E-state index in [1.165, 1.54) is 4.90 Å². The number of nitrogens with zero attached hydrogens (tertiary/aromatic N) is 2. The summed E-state index contributed by atoms with van der Waals surface area (Å²) < 4.78 is 10.5. The number of esters is 1. The van der Waals surface area contributed by atoms with Crippen LogP contribution in [0.4, 0.5) is 4.79 Å². The van der Waals surface area contributed by atoms with E-state index in [4.69, 9.17) is 9.47 Å². The van der Waals surface area contributed by atoms with Crippen LogP contribution in [0.15, 0.2) is 35.5 Å². The van der Waals surface area contributed by atoms with Gasteiger partial charge in [0.05, 0.1) is 31.9 Å². The minimum Gasteiger partial charge on any atom is -0.497 e. The quantitative estimate of drug-likeness (QED) is 0.546. The monoisotopic (exact) mass is 432 g/mol. The molecular weight excluding hydrogens is 400 g/mol. The molecule has 0 fully saturated rings. The molecule has 0 aromatic heterocycles. The van der Waals surface area contributed by atoms with Gasteiger partial charge < -0.3 is 25.0 Å². The molecule has 0 saturated carbocycles. The standard InChI is InChI=1S/C22H32N4O5/c1-6-12-26(14-18(27)25(3)4)13-17-19(21(28)31-7-2)20(24-22(29)23-17)15-8-10-16(30-5)11-9-15/h8-11,20H,6-7,12-14H2,1-5H3,(H2,23,24,29)/t20-/m1/s1. The summed E-state index contributed by atoms with van der Waals surface area (Å²) in [4.78, 5) is 41.0. The van der Waals surface area contributed by atoms with Gasteiger partial charge in [-0.25, -0.2) is 9.59 Å². The van der Waals surface area contributed by atoms with Crippen molar-refractivity contribution in [3.63, 3.8) is 0 Å². The molecule has 0 saturated heterocycles. The molecule has 170 valence electrons. The summed E-state index contributed by atoms with van der Waals surface area (Å²) in [6.07, 6.45) is 0.816. The van der Waals surface area contributed by atoms with Crippen LogP contribution < -0.4 is 15.4 Å². The van der Waals surface area contributed by atoms with Crippen molar-refractivity contribution in [2.24, 2.45) is 0 Å². The van der Waals surface area contributed by atoms with E-state index in [9.17, 15) is 14.4 Å². The Morgan fingerprint density at radius 2 is 1.81 bits per heavy atom. The summed E-state index contributed by atoms with van der Waals surface area (Å²) in [5, 5.41) is 5.57. The molecule has 0 aliphatic carbocycles. The number of nitrogens with one attached hydrogen (secondary N) is 2. The Balaban J connectivity index is 2.45.